The molecule has 0 spiro atoms. The zero-order valence-electron chi connectivity index (χ0n) is 11.1. The molecule has 1 aliphatic heterocycles. The fourth-order valence-electron chi connectivity index (χ4n) is 2.28. The van der Waals surface area contributed by atoms with Crippen LogP contribution in [0.2, 0.25) is 5.02 Å². The van der Waals surface area contributed by atoms with E-state index in [1.165, 1.54) is 18.2 Å². The van der Waals surface area contributed by atoms with Gasteiger partial charge < -0.3 is 5.32 Å². The van der Waals surface area contributed by atoms with Crippen LogP contribution in [0, 0.1) is 11.3 Å². The second-order valence-electron chi connectivity index (χ2n) is 4.95. The number of nitriles is 1. The highest BCUT2D eigenvalue weighted by atomic mass is 35.5. The highest BCUT2D eigenvalue weighted by Gasteiger charge is 2.24. The fraction of sp³-hybridized carbons (Fsp3) is 0.462. The van der Waals surface area contributed by atoms with Gasteiger partial charge in [-0.1, -0.05) is 11.6 Å². The summed E-state index contributed by atoms with van der Waals surface area (Å²) in [6, 6.07) is 6.25. The first kappa shape index (κ1) is 15.3. The van der Waals surface area contributed by atoms with Crippen LogP contribution in [0.3, 0.4) is 0 Å². The molecule has 7 heteroatoms. The number of nitrogens with zero attached hydrogens (tertiary/aromatic N) is 1. The molecule has 2 N–H and O–H groups in total. The van der Waals surface area contributed by atoms with Crippen molar-refractivity contribution in [2.45, 2.75) is 36.7 Å². The molecule has 1 aromatic rings. The molecule has 1 fully saturated rings. The van der Waals surface area contributed by atoms with Crippen LogP contribution in [0.25, 0.3) is 0 Å². The van der Waals surface area contributed by atoms with Gasteiger partial charge in [0.2, 0.25) is 10.0 Å². The molecule has 0 saturated carbocycles. The predicted molar refractivity (Wildman–Crippen MR) is 77.0 cm³/mol. The molecular weight excluding hydrogens is 298 g/mol. The zero-order valence-corrected chi connectivity index (χ0v) is 12.6. The average molecular weight is 314 g/mol. The Balaban J connectivity index is 2.18. The van der Waals surface area contributed by atoms with Gasteiger partial charge in [-0.05, 0) is 44.5 Å². The summed E-state index contributed by atoms with van der Waals surface area (Å²) in [6.45, 7) is 2.82. The normalized spacial score (nSPS) is 23.2. The molecule has 0 bridgehead atoms. The maximum atomic E-state index is 12.3. The summed E-state index contributed by atoms with van der Waals surface area (Å²) in [5.74, 6) is 0. The van der Waals surface area contributed by atoms with Crippen LogP contribution >= 0.6 is 11.6 Å². The number of nitrogens with one attached hydrogen (secondary N) is 2. The Kier molecular flexibility index (Phi) is 4.66. The topological polar surface area (TPSA) is 82.0 Å². The lowest BCUT2D eigenvalue weighted by molar-refractivity contribution is 0.361. The Bertz CT molecular complexity index is 640. The van der Waals surface area contributed by atoms with E-state index < -0.39 is 10.0 Å². The van der Waals surface area contributed by atoms with Crippen molar-refractivity contribution in [3.8, 4) is 6.07 Å². The van der Waals surface area contributed by atoms with Crippen molar-refractivity contribution in [1.29, 1.82) is 5.26 Å². The monoisotopic (exact) mass is 313 g/mol. The molecule has 1 aliphatic rings. The first-order chi connectivity index (χ1) is 9.42. The van der Waals surface area contributed by atoms with Crippen molar-refractivity contribution in [3.63, 3.8) is 0 Å². The van der Waals surface area contributed by atoms with E-state index in [-0.39, 0.29) is 21.5 Å². The molecule has 1 saturated heterocycles. The summed E-state index contributed by atoms with van der Waals surface area (Å²) in [7, 11) is -3.60. The Morgan fingerprint density at radius 3 is 2.85 bits per heavy atom. The molecule has 2 atom stereocenters. The number of halogens is 1. The lowest BCUT2D eigenvalue weighted by atomic mass is 10.0. The minimum Gasteiger partial charge on any atom is -0.314 e. The number of hydrogen-bond donors (Lipinski definition) is 2. The number of piperidine rings is 1. The van der Waals surface area contributed by atoms with Crippen molar-refractivity contribution in [2.75, 3.05) is 6.54 Å². The largest absolute Gasteiger partial charge is 0.314 e. The van der Waals surface area contributed by atoms with Gasteiger partial charge in [0.25, 0.3) is 0 Å². The van der Waals surface area contributed by atoms with E-state index in [1.807, 2.05) is 13.0 Å². The van der Waals surface area contributed by atoms with Crippen LogP contribution in [-0.4, -0.2) is 27.0 Å². The van der Waals surface area contributed by atoms with E-state index in [4.69, 9.17) is 16.9 Å². The van der Waals surface area contributed by atoms with Gasteiger partial charge >= 0.3 is 0 Å². The van der Waals surface area contributed by atoms with Crippen LogP contribution < -0.4 is 10.0 Å². The van der Waals surface area contributed by atoms with E-state index in [0.717, 1.165) is 19.4 Å². The third-order valence-electron chi connectivity index (χ3n) is 3.32. The molecule has 20 heavy (non-hydrogen) atoms. The van der Waals surface area contributed by atoms with E-state index in [2.05, 4.69) is 10.0 Å². The first-order valence-electron chi connectivity index (χ1n) is 6.38. The van der Waals surface area contributed by atoms with Gasteiger partial charge in [0.1, 0.15) is 6.07 Å². The van der Waals surface area contributed by atoms with E-state index in [0.29, 0.717) is 6.04 Å². The molecule has 0 amide bonds. The predicted octanol–water partition coefficient (Wildman–Crippen LogP) is 1.63. The maximum absolute atomic E-state index is 12.3. The molecule has 1 heterocycles. The Morgan fingerprint density at radius 2 is 2.25 bits per heavy atom. The van der Waals surface area contributed by atoms with Gasteiger partial charge in [-0.3, -0.25) is 0 Å². The first-order valence-corrected chi connectivity index (χ1v) is 8.24. The summed E-state index contributed by atoms with van der Waals surface area (Å²) < 4.78 is 27.3. The van der Waals surface area contributed by atoms with E-state index >= 15 is 0 Å². The standard InChI is InChI=1S/C13H16ClN3O2S/c1-9-6-11(4-5-16-9)17-20(18,19)12-3-2-10(8-15)13(14)7-12/h2-3,7,9,11,16-17H,4-6H2,1H3. The smallest absolute Gasteiger partial charge is 0.240 e. The van der Waals surface area contributed by atoms with Crippen LogP contribution in [-0.2, 0) is 10.0 Å². The molecule has 0 aromatic heterocycles. The molecule has 0 radical (unpaired) electrons. The van der Waals surface area contributed by atoms with Gasteiger partial charge in [-0.25, -0.2) is 13.1 Å². The van der Waals surface area contributed by atoms with Crippen LogP contribution in [0.4, 0.5) is 0 Å². The molecular formula is C13H16ClN3O2S. The van der Waals surface area contributed by atoms with Crippen molar-refractivity contribution in [3.05, 3.63) is 28.8 Å². The van der Waals surface area contributed by atoms with Gasteiger partial charge in [0.05, 0.1) is 15.5 Å². The SMILES string of the molecule is CC1CC(NS(=O)(=O)c2ccc(C#N)c(Cl)c2)CCN1. The summed E-state index contributed by atoms with van der Waals surface area (Å²) >= 11 is 5.88. The summed E-state index contributed by atoms with van der Waals surface area (Å²) in [5, 5.41) is 12.2. The van der Waals surface area contributed by atoms with Gasteiger partial charge in [-0.15, -0.1) is 0 Å². The third kappa shape index (κ3) is 3.49. The van der Waals surface area contributed by atoms with Crippen molar-refractivity contribution >= 4 is 21.6 Å². The molecule has 0 aliphatic carbocycles. The molecule has 1 aromatic carbocycles. The highest BCUT2D eigenvalue weighted by Crippen LogP contribution is 2.21. The Labute approximate surface area is 124 Å². The van der Waals surface area contributed by atoms with E-state index in [9.17, 15) is 8.42 Å². The highest BCUT2D eigenvalue weighted by molar-refractivity contribution is 7.89. The Morgan fingerprint density at radius 1 is 1.50 bits per heavy atom. The quantitative estimate of drug-likeness (QED) is 0.888. The van der Waals surface area contributed by atoms with Crippen LogP contribution in [0.15, 0.2) is 23.1 Å². The van der Waals surface area contributed by atoms with Gasteiger partial charge in [-0.2, -0.15) is 5.26 Å². The number of hydrogen-bond acceptors (Lipinski definition) is 4. The number of sulfonamides is 1. The Hall–Kier alpha value is -1.13. The van der Waals surface area contributed by atoms with Crippen molar-refractivity contribution in [2.24, 2.45) is 0 Å². The molecule has 2 unspecified atom stereocenters. The second kappa shape index (κ2) is 6.10. The summed E-state index contributed by atoms with van der Waals surface area (Å²) in [4.78, 5) is 0.0904. The van der Waals surface area contributed by atoms with E-state index in [1.54, 1.807) is 0 Å². The van der Waals surface area contributed by atoms with Gasteiger partial charge in [0, 0.05) is 12.1 Å². The molecule has 108 valence electrons. The fourth-order valence-corrected chi connectivity index (χ4v) is 3.88. The minimum absolute atomic E-state index is 0.0781. The lowest BCUT2D eigenvalue weighted by Gasteiger charge is -2.28. The number of rotatable bonds is 3. The summed E-state index contributed by atoms with van der Waals surface area (Å²) in [6.07, 6.45) is 1.51. The zero-order chi connectivity index (χ0) is 14.8. The molecule has 5 nitrogen and oxygen atoms in total. The van der Waals surface area contributed by atoms with Crippen LogP contribution in [0.1, 0.15) is 25.3 Å². The van der Waals surface area contributed by atoms with Crippen LogP contribution in [0.5, 0.6) is 0 Å². The average Bonchev–Trinajstić information content (AvgIpc) is 2.38. The van der Waals surface area contributed by atoms with Crippen molar-refractivity contribution in [1.82, 2.24) is 10.0 Å². The second-order valence-corrected chi connectivity index (χ2v) is 7.07. The minimum atomic E-state index is -3.60. The summed E-state index contributed by atoms with van der Waals surface area (Å²) in [5.41, 5.74) is 0.265. The third-order valence-corrected chi connectivity index (χ3v) is 5.15. The van der Waals surface area contributed by atoms with Crippen molar-refractivity contribution < 1.29 is 8.42 Å². The molecule has 2 rings (SSSR count). The van der Waals surface area contributed by atoms with Gasteiger partial charge in [0.15, 0.2) is 0 Å². The number of benzene rings is 1. The lowest BCUT2D eigenvalue weighted by Crippen LogP contribution is -2.46. The maximum Gasteiger partial charge on any atom is 0.240 e.